The maximum absolute atomic E-state index is 11.2. The Morgan fingerprint density at radius 2 is 2.26 bits per heavy atom. The fraction of sp³-hybridized carbons (Fsp3) is 0.231. The lowest BCUT2D eigenvalue weighted by molar-refractivity contribution is 0.333. The first-order valence-electron chi connectivity index (χ1n) is 5.94. The Bertz CT molecular complexity index is 610. The van der Waals surface area contributed by atoms with Gasteiger partial charge in [-0.2, -0.15) is 0 Å². The highest BCUT2D eigenvalue weighted by molar-refractivity contribution is 5.43. The van der Waals surface area contributed by atoms with Crippen molar-refractivity contribution in [1.29, 1.82) is 0 Å². The van der Waals surface area contributed by atoms with Crippen LogP contribution in [-0.4, -0.2) is 23.1 Å². The molecule has 4 N–H and O–H groups in total. The van der Waals surface area contributed by atoms with Crippen LogP contribution in [0.5, 0.6) is 5.75 Å². The summed E-state index contributed by atoms with van der Waals surface area (Å²) in [5.41, 5.74) is 6.13. The number of hydrogen-bond donors (Lipinski definition) is 3. The molecule has 0 amide bonds. The number of anilines is 2. The highest BCUT2D eigenvalue weighted by atomic mass is 16.5. The first-order chi connectivity index (χ1) is 9.13. The van der Waals surface area contributed by atoms with E-state index in [-0.39, 0.29) is 5.56 Å². The van der Waals surface area contributed by atoms with Gasteiger partial charge < -0.3 is 20.8 Å². The molecule has 2 rings (SSSR count). The van der Waals surface area contributed by atoms with Crippen LogP contribution in [0, 0.1) is 6.92 Å². The Morgan fingerprint density at radius 1 is 1.42 bits per heavy atom. The van der Waals surface area contributed by atoms with Gasteiger partial charge in [-0.15, -0.1) is 0 Å². The van der Waals surface area contributed by atoms with E-state index < -0.39 is 0 Å². The van der Waals surface area contributed by atoms with Gasteiger partial charge >= 0.3 is 0 Å². The zero-order chi connectivity index (χ0) is 13.7. The van der Waals surface area contributed by atoms with Crippen LogP contribution >= 0.6 is 0 Å². The summed E-state index contributed by atoms with van der Waals surface area (Å²) in [6.45, 7) is 2.73. The van der Waals surface area contributed by atoms with E-state index in [1.165, 1.54) is 6.07 Å². The molecule has 100 valence electrons. The number of aromatic nitrogens is 2. The molecule has 0 bridgehead atoms. The summed E-state index contributed by atoms with van der Waals surface area (Å²) < 4.78 is 5.51. The van der Waals surface area contributed by atoms with Crippen LogP contribution in [0.2, 0.25) is 0 Å². The van der Waals surface area contributed by atoms with Crippen molar-refractivity contribution in [2.45, 2.75) is 6.92 Å². The van der Waals surface area contributed by atoms with E-state index in [1.807, 2.05) is 12.1 Å². The predicted molar refractivity (Wildman–Crippen MR) is 74.4 cm³/mol. The second-order valence-electron chi connectivity index (χ2n) is 4.06. The smallest absolute Gasteiger partial charge is 0.252 e. The number of nitrogens with zero attached hydrogens (tertiary/aromatic N) is 1. The average Bonchev–Trinajstić information content (AvgIpc) is 2.34. The van der Waals surface area contributed by atoms with E-state index in [1.54, 1.807) is 19.1 Å². The zero-order valence-corrected chi connectivity index (χ0v) is 10.6. The van der Waals surface area contributed by atoms with Crippen molar-refractivity contribution in [2.24, 2.45) is 0 Å². The Morgan fingerprint density at radius 3 is 3.00 bits per heavy atom. The molecule has 6 heteroatoms. The lowest BCUT2D eigenvalue weighted by atomic mass is 10.3. The van der Waals surface area contributed by atoms with Crippen LogP contribution in [-0.2, 0) is 0 Å². The molecule has 0 unspecified atom stereocenters. The molecular formula is C13H16N4O2. The molecule has 0 fully saturated rings. The number of aromatic amines is 1. The molecule has 1 heterocycles. The van der Waals surface area contributed by atoms with Crippen molar-refractivity contribution < 1.29 is 4.74 Å². The molecule has 6 nitrogen and oxygen atoms in total. The van der Waals surface area contributed by atoms with Crippen LogP contribution in [0.3, 0.4) is 0 Å². The molecule has 0 aliphatic rings. The number of nitrogens with two attached hydrogens (primary N) is 1. The molecule has 0 spiro atoms. The van der Waals surface area contributed by atoms with Crippen molar-refractivity contribution in [1.82, 2.24) is 9.97 Å². The molecule has 0 radical (unpaired) electrons. The molecule has 2 aromatic rings. The zero-order valence-electron chi connectivity index (χ0n) is 10.6. The van der Waals surface area contributed by atoms with Crippen LogP contribution in [0.4, 0.5) is 11.5 Å². The normalized spacial score (nSPS) is 10.2. The highest BCUT2D eigenvalue weighted by Crippen LogP contribution is 2.14. The average molecular weight is 260 g/mol. The van der Waals surface area contributed by atoms with Gasteiger partial charge in [0.05, 0.1) is 6.54 Å². The third-order valence-electron chi connectivity index (χ3n) is 2.40. The quantitative estimate of drug-likeness (QED) is 0.554. The number of H-pyrrole nitrogens is 1. The topological polar surface area (TPSA) is 93.0 Å². The van der Waals surface area contributed by atoms with Crippen molar-refractivity contribution in [3.63, 3.8) is 0 Å². The fourth-order valence-electron chi connectivity index (χ4n) is 1.62. The first-order valence-corrected chi connectivity index (χ1v) is 5.94. The van der Waals surface area contributed by atoms with E-state index in [0.717, 1.165) is 5.75 Å². The minimum absolute atomic E-state index is 0.174. The first kappa shape index (κ1) is 12.9. The summed E-state index contributed by atoms with van der Waals surface area (Å²) in [7, 11) is 0. The van der Waals surface area contributed by atoms with Gasteiger partial charge in [0.25, 0.3) is 5.56 Å². The highest BCUT2D eigenvalue weighted by Gasteiger charge is 1.98. The number of aryl methyl sites for hydroxylation is 1. The van der Waals surface area contributed by atoms with Gasteiger partial charge in [0, 0.05) is 17.8 Å². The number of hydrogen-bond acceptors (Lipinski definition) is 5. The summed E-state index contributed by atoms with van der Waals surface area (Å²) in [6.07, 6.45) is 0. The minimum Gasteiger partial charge on any atom is -0.492 e. The van der Waals surface area contributed by atoms with E-state index in [9.17, 15) is 4.79 Å². The largest absolute Gasteiger partial charge is 0.492 e. The fourth-order valence-corrected chi connectivity index (χ4v) is 1.62. The van der Waals surface area contributed by atoms with Crippen molar-refractivity contribution in [3.8, 4) is 5.75 Å². The molecule has 0 aliphatic heterocycles. The Hall–Kier alpha value is -2.50. The van der Waals surface area contributed by atoms with E-state index >= 15 is 0 Å². The van der Waals surface area contributed by atoms with Crippen molar-refractivity contribution >= 4 is 11.5 Å². The van der Waals surface area contributed by atoms with Crippen molar-refractivity contribution in [3.05, 3.63) is 46.5 Å². The van der Waals surface area contributed by atoms with E-state index in [4.69, 9.17) is 10.5 Å². The summed E-state index contributed by atoms with van der Waals surface area (Å²) in [5.74, 6) is 1.83. The van der Waals surface area contributed by atoms with Gasteiger partial charge in [-0.25, -0.2) is 4.98 Å². The van der Waals surface area contributed by atoms with Gasteiger partial charge in [0.15, 0.2) is 0 Å². The maximum Gasteiger partial charge on any atom is 0.252 e. The molecular weight excluding hydrogens is 244 g/mol. The summed E-state index contributed by atoms with van der Waals surface area (Å²) in [4.78, 5) is 18.0. The van der Waals surface area contributed by atoms with Gasteiger partial charge in [-0.05, 0) is 19.1 Å². The Balaban J connectivity index is 1.82. The number of nitrogen functional groups attached to an aromatic ring is 1. The monoisotopic (exact) mass is 260 g/mol. The van der Waals surface area contributed by atoms with Crippen molar-refractivity contribution in [2.75, 3.05) is 24.2 Å². The van der Waals surface area contributed by atoms with E-state index in [2.05, 4.69) is 15.3 Å². The van der Waals surface area contributed by atoms with Crippen LogP contribution in [0.1, 0.15) is 5.82 Å². The third kappa shape index (κ3) is 4.02. The summed E-state index contributed by atoms with van der Waals surface area (Å²) in [6, 6.07) is 8.64. The number of nitrogens with one attached hydrogen (secondary N) is 2. The number of benzene rings is 1. The Kier molecular flexibility index (Phi) is 4.02. The lowest BCUT2D eigenvalue weighted by Gasteiger charge is -2.08. The van der Waals surface area contributed by atoms with Crippen LogP contribution in [0.25, 0.3) is 0 Å². The standard InChI is InChI=1S/C13H16N4O2/c1-9-16-12(8-13(18)17-9)15-5-6-19-11-4-2-3-10(14)7-11/h2-4,7-8H,5-6,14H2,1H3,(H2,15,16,17,18). The Labute approximate surface area is 110 Å². The molecule has 19 heavy (non-hydrogen) atoms. The summed E-state index contributed by atoms with van der Waals surface area (Å²) >= 11 is 0. The lowest BCUT2D eigenvalue weighted by Crippen LogP contribution is -2.16. The number of ether oxygens (including phenoxy) is 1. The number of rotatable bonds is 5. The van der Waals surface area contributed by atoms with Crippen LogP contribution < -0.4 is 21.3 Å². The predicted octanol–water partition coefficient (Wildman–Crippen LogP) is 1.15. The van der Waals surface area contributed by atoms with E-state index in [0.29, 0.717) is 30.5 Å². The molecule has 1 aromatic heterocycles. The molecule has 0 atom stereocenters. The van der Waals surface area contributed by atoms with Gasteiger partial charge in [-0.1, -0.05) is 6.07 Å². The SMILES string of the molecule is Cc1nc(NCCOc2cccc(N)c2)cc(=O)[nH]1. The molecule has 0 saturated heterocycles. The molecule has 0 saturated carbocycles. The minimum atomic E-state index is -0.174. The van der Waals surface area contributed by atoms with Gasteiger partial charge in [0.2, 0.25) is 0 Å². The summed E-state index contributed by atoms with van der Waals surface area (Å²) in [5, 5.41) is 3.02. The van der Waals surface area contributed by atoms with Gasteiger partial charge in [-0.3, -0.25) is 4.79 Å². The maximum atomic E-state index is 11.2. The molecule has 1 aromatic carbocycles. The van der Waals surface area contributed by atoms with Gasteiger partial charge in [0.1, 0.15) is 24.0 Å². The second kappa shape index (κ2) is 5.90. The second-order valence-corrected chi connectivity index (χ2v) is 4.06. The third-order valence-corrected chi connectivity index (χ3v) is 2.40. The molecule has 0 aliphatic carbocycles. The van der Waals surface area contributed by atoms with Crippen LogP contribution in [0.15, 0.2) is 35.1 Å².